The van der Waals surface area contributed by atoms with E-state index < -0.39 is 52.9 Å². The van der Waals surface area contributed by atoms with Gasteiger partial charge >= 0.3 is 0 Å². The van der Waals surface area contributed by atoms with Gasteiger partial charge in [-0.1, -0.05) is 153 Å². The molecule has 1 saturated heterocycles. The molecule has 0 saturated carbocycles. The summed E-state index contributed by atoms with van der Waals surface area (Å²) in [7, 11) is -5.22. The minimum Gasteiger partial charge on any atom is -0.407 e. The molecule has 3 aromatic rings. The van der Waals surface area contributed by atoms with E-state index in [0.29, 0.717) is 23.2 Å². The molecule has 8 heteroatoms. The van der Waals surface area contributed by atoms with Crippen LogP contribution in [0.3, 0.4) is 0 Å². The predicted molar refractivity (Wildman–Crippen MR) is 205 cm³/mol. The second kappa shape index (κ2) is 16.0. The highest BCUT2D eigenvalue weighted by molar-refractivity contribution is 6.99. The van der Waals surface area contributed by atoms with Gasteiger partial charge in [-0.25, -0.2) is 0 Å². The Morgan fingerprint density at radius 3 is 1.57 bits per heavy atom. The predicted octanol–water partition coefficient (Wildman–Crippen LogP) is 8.13. The first kappa shape index (κ1) is 39.6. The average molecular weight is 707 g/mol. The highest BCUT2D eigenvalue weighted by Gasteiger charge is 2.54. The zero-order valence-electron chi connectivity index (χ0n) is 31.7. The van der Waals surface area contributed by atoms with Gasteiger partial charge < -0.3 is 28.5 Å². The standard InChI is InChI=1S/C41H62O6Si2/c1-29(2)48(30(3)4,31(5)6)47-37(32-21-15-12-16-22-32)39-36(43)38(45-41(10,11)46-39)35(42)27-28-44-49(40(7,8)9,33-23-17-13-18-24-33)34-25-19-14-20-26-34/h12-26,29-31,35-39,42-43H,27-28H2,1-11H3/t35-,36-,37-,38-,39+/m1/s1. The van der Waals surface area contributed by atoms with E-state index in [0.717, 1.165) is 5.56 Å². The zero-order chi connectivity index (χ0) is 36.2. The molecular weight excluding hydrogens is 645 g/mol. The van der Waals surface area contributed by atoms with Gasteiger partial charge in [0, 0.05) is 6.61 Å². The number of ether oxygens (including phenoxy) is 2. The normalized spacial score (nSPS) is 21.7. The van der Waals surface area contributed by atoms with Crippen molar-refractivity contribution in [3.8, 4) is 0 Å². The molecule has 1 heterocycles. The van der Waals surface area contributed by atoms with Crippen molar-refractivity contribution in [1.82, 2.24) is 0 Å². The topological polar surface area (TPSA) is 77.4 Å². The second-order valence-corrected chi connectivity index (χ2v) is 25.9. The van der Waals surface area contributed by atoms with E-state index in [-0.39, 0.29) is 11.5 Å². The van der Waals surface area contributed by atoms with Gasteiger partial charge in [0.25, 0.3) is 8.32 Å². The number of aliphatic hydroxyl groups is 2. The highest BCUT2D eigenvalue weighted by atomic mass is 28.4. The van der Waals surface area contributed by atoms with Crippen LogP contribution in [0, 0.1) is 0 Å². The Hall–Kier alpha value is -2.15. The van der Waals surface area contributed by atoms with Gasteiger partial charge in [-0.2, -0.15) is 0 Å². The van der Waals surface area contributed by atoms with Crippen molar-refractivity contribution in [3.63, 3.8) is 0 Å². The molecular formula is C41H62O6Si2. The maximum absolute atomic E-state index is 12.1. The molecule has 0 radical (unpaired) electrons. The Bertz CT molecular complexity index is 1360. The minimum absolute atomic E-state index is 0.192. The van der Waals surface area contributed by atoms with E-state index >= 15 is 0 Å². The van der Waals surface area contributed by atoms with Crippen LogP contribution >= 0.6 is 0 Å². The first-order valence-corrected chi connectivity index (χ1v) is 22.2. The smallest absolute Gasteiger partial charge is 0.261 e. The van der Waals surface area contributed by atoms with Crippen LogP contribution < -0.4 is 10.4 Å². The van der Waals surface area contributed by atoms with Crippen molar-refractivity contribution in [2.75, 3.05) is 6.61 Å². The van der Waals surface area contributed by atoms with Gasteiger partial charge in [0.2, 0.25) is 8.32 Å². The summed E-state index contributed by atoms with van der Waals surface area (Å²) in [6.45, 7) is 24.3. The minimum atomic E-state index is -2.80. The summed E-state index contributed by atoms with van der Waals surface area (Å²) in [4.78, 5) is 0. The number of rotatable bonds is 14. The third-order valence-electron chi connectivity index (χ3n) is 10.5. The first-order chi connectivity index (χ1) is 23.0. The number of hydrogen-bond donors (Lipinski definition) is 2. The maximum atomic E-state index is 12.1. The lowest BCUT2D eigenvalue weighted by atomic mass is 9.92. The Morgan fingerprint density at radius 1 is 0.714 bits per heavy atom. The number of hydrogen-bond acceptors (Lipinski definition) is 6. The van der Waals surface area contributed by atoms with Crippen molar-refractivity contribution < 1.29 is 28.5 Å². The zero-order valence-corrected chi connectivity index (χ0v) is 33.7. The lowest BCUT2D eigenvalue weighted by Gasteiger charge is -2.51. The Labute approximate surface area is 298 Å². The number of aliphatic hydroxyl groups excluding tert-OH is 2. The molecule has 1 aliphatic heterocycles. The Balaban J connectivity index is 1.66. The maximum Gasteiger partial charge on any atom is 0.261 e. The molecule has 4 rings (SSSR count). The highest BCUT2D eigenvalue weighted by Crippen LogP contribution is 2.48. The van der Waals surface area contributed by atoms with Crippen molar-refractivity contribution in [2.24, 2.45) is 0 Å². The molecule has 1 fully saturated rings. The van der Waals surface area contributed by atoms with Gasteiger partial charge in [-0.15, -0.1) is 0 Å². The molecule has 0 unspecified atom stereocenters. The Morgan fingerprint density at radius 2 is 1.14 bits per heavy atom. The fraction of sp³-hybridized carbons (Fsp3) is 0.561. The van der Waals surface area contributed by atoms with Crippen LogP contribution in [0.25, 0.3) is 0 Å². The molecule has 0 amide bonds. The summed E-state index contributed by atoms with van der Waals surface area (Å²) >= 11 is 0. The molecule has 0 aromatic heterocycles. The van der Waals surface area contributed by atoms with Crippen LogP contribution in [0.15, 0.2) is 91.0 Å². The van der Waals surface area contributed by atoms with Gasteiger partial charge in [0.05, 0.1) is 12.2 Å². The first-order valence-electron chi connectivity index (χ1n) is 18.2. The molecule has 2 N–H and O–H groups in total. The van der Waals surface area contributed by atoms with E-state index in [1.165, 1.54) is 10.4 Å². The van der Waals surface area contributed by atoms with Crippen molar-refractivity contribution in [2.45, 2.75) is 141 Å². The second-order valence-electron chi connectivity index (χ2n) is 16.2. The van der Waals surface area contributed by atoms with Crippen molar-refractivity contribution in [1.29, 1.82) is 0 Å². The van der Waals surface area contributed by atoms with Crippen molar-refractivity contribution >= 4 is 27.0 Å². The van der Waals surface area contributed by atoms with Crippen LogP contribution in [0.1, 0.15) is 94.2 Å². The molecule has 1 aliphatic rings. The third kappa shape index (κ3) is 8.34. The summed E-state index contributed by atoms with van der Waals surface area (Å²) < 4.78 is 27.4. The quantitative estimate of drug-likeness (QED) is 0.165. The van der Waals surface area contributed by atoms with E-state index in [4.69, 9.17) is 18.3 Å². The van der Waals surface area contributed by atoms with E-state index in [1.807, 2.05) is 56.3 Å². The summed E-state index contributed by atoms with van der Waals surface area (Å²) in [6.07, 6.45) is -4.06. The lowest BCUT2D eigenvalue weighted by molar-refractivity contribution is -0.356. The van der Waals surface area contributed by atoms with Crippen LogP contribution in [-0.4, -0.2) is 63.7 Å². The van der Waals surface area contributed by atoms with E-state index in [2.05, 4.69) is 111 Å². The molecule has 6 nitrogen and oxygen atoms in total. The van der Waals surface area contributed by atoms with Gasteiger partial charge in [-0.3, -0.25) is 0 Å². The summed E-state index contributed by atoms with van der Waals surface area (Å²) in [5.41, 5.74) is 1.96. The average Bonchev–Trinajstić information content (AvgIpc) is 3.04. The van der Waals surface area contributed by atoms with Crippen LogP contribution in [0.4, 0.5) is 0 Å². The summed E-state index contributed by atoms with van der Waals surface area (Å²) in [5.74, 6) is -1.07. The fourth-order valence-electron chi connectivity index (χ4n) is 8.41. The molecule has 3 aromatic carbocycles. The molecule has 0 bridgehead atoms. The molecule has 5 atom stereocenters. The van der Waals surface area contributed by atoms with Crippen LogP contribution in [-0.2, 0) is 18.3 Å². The van der Waals surface area contributed by atoms with Crippen molar-refractivity contribution in [3.05, 3.63) is 96.6 Å². The fourth-order valence-corrected chi connectivity index (χ4v) is 18.5. The summed E-state index contributed by atoms with van der Waals surface area (Å²) in [6, 6.07) is 31.1. The summed E-state index contributed by atoms with van der Waals surface area (Å²) in [5, 5.41) is 26.1. The monoisotopic (exact) mass is 706 g/mol. The molecule has 0 spiro atoms. The number of benzene rings is 3. The molecule has 270 valence electrons. The lowest BCUT2D eigenvalue weighted by Crippen LogP contribution is -2.66. The Kier molecular flexibility index (Phi) is 13.0. The van der Waals surface area contributed by atoms with E-state index in [9.17, 15) is 10.2 Å². The van der Waals surface area contributed by atoms with Crippen LogP contribution in [0.2, 0.25) is 21.7 Å². The molecule has 49 heavy (non-hydrogen) atoms. The largest absolute Gasteiger partial charge is 0.407 e. The van der Waals surface area contributed by atoms with Gasteiger partial charge in [0.15, 0.2) is 5.79 Å². The van der Waals surface area contributed by atoms with Crippen LogP contribution in [0.5, 0.6) is 0 Å². The third-order valence-corrected chi connectivity index (χ3v) is 21.6. The van der Waals surface area contributed by atoms with Gasteiger partial charge in [-0.05, 0) is 57.9 Å². The van der Waals surface area contributed by atoms with E-state index in [1.54, 1.807) is 0 Å². The SMILES string of the molecule is CC(C)[Si](O[C@H](c1ccccc1)[C@H]1OC(C)(C)O[C@H]([C@H](O)CCO[Si](c2ccccc2)(c2ccccc2)C(C)(C)C)[C@H]1O)(C(C)C)C(C)C. The van der Waals surface area contributed by atoms with Gasteiger partial charge in [0.1, 0.15) is 18.3 Å². The molecule has 0 aliphatic carbocycles.